The van der Waals surface area contributed by atoms with E-state index in [1.807, 2.05) is 116 Å². The zero-order chi connectivity index (χ0) is 48.8. The molecule has 358 valence electrons. The molecular formula is C50H64N7O9P. The van der Waals surface area contributed by atoms with Crippen LogP contribution in [0.4, 0.5) is 0 Å². The molecule has 1 unspecified atom stereocenters. The Hall–Kier alpha value is -6.00. The van der Waals surface area contributed by atoms with E-state index in [1.54, 1.807) is 57.4 Å². The van der Waals surface area contributed by atoms with Crippen molar-refractivity contribution in [1.29, 1.82) is 0 Å². The van der Waals surface area contributed by atoms with Crippen LogP contribution < -0.4 is 27.0 Å². The quantitative estimate of drug-likeness (QED) is 0.0360. The highest BCUT2D eigenvalue weighted by molar-refractivity contribution is 7.47. The van der Waals surface area contributed by atoms with Crippen LogP contribution in [0, 0.1) is 5.92 Å². The van der Waals surface area contributed by atoms with Gasteiger partial charge in [-0.1, -0.05) is 135 Å². The number of benzene rings is 4. The largest absolute Gasteiger partial charge is 0.472 e. The molecule has 0 radical (unpaired) electrons. The van der Waals surface area contributed by atoms with Crippen LogP contribution in [-0.4, -0.2) is 87.6 Å². The molecule has 0 spiro atoms. The molecule has 5 aromatic rings. The van der Waals surface area contributed by atoms with Gasteiger partial charge >= 0.3 is 7.82 Å². The second kappa shape index (κ2) is 23.6. The van der Waals surface area contributed by atoms with Crippen LogP contribution in [0.3, 0.4) is 0 Å². The minimum atomic E-state index is -4.77. The third-order valence-corrected chi connectivity index (χ3v) is 11.9. The minimum Gasteiger partial charge on any atom is -0.373 e. The smallest absolute Gasteiger partial charge is 0.373 e. The SMILES string of the molecule is CNC(=O)[C@@H](NC(=O)[C@H](COC(C)(C)C)NC(=O)[C@H](Cc1cn(C(c2ccccc2)(c2ccccc2)c2ccccc2)cn1)NC(=O)[C@@H](N)CC(C)C)[C@@H](C)OP(=O)(O)OCc1ccccc1. The van der Waals surface area contributed by atoms with Gasteiger partial charge in [-0.15, -0.1) is 0 Å². The van der Waals surface area contributed by atoms with Crippen molar-refractivity contribution in [2.45, 2.75) is 102 Å². The highest BCUT2D eigenvalue weighted by atomic mass is 31.2. The van der Waals surface area contributed by atoms with Crippen molar-refractivity contribution in [3.05, 3.63) is 162 Å². The molecule has 5 rings (SSSR count). The Kier molecular flexibility index (Phi) is 18.3. The first kappa shape index (κ1) is 52.0. The van der Waals surface area contributed by atoms with Crippen molar-refractivity contribution >= 4 is 31.5 Å². The van der Waals surface area contributed by atoms with E-state index in [2.05, 4.69) is 21.3 Å². The highest BCUT2D eigenvalue weighted by Gasteiger charge is 2.40. The summed E-state index contributed by atoms with van der Waals surface area (Å²) in [7, 11) is -3.44. The van der Waals surface area contributed by atoms with Gasteiger partial charge in [0.2, 0.25) is 23.6 Å². The summed E-state index contributed by atoms with van der Waals surface area (Å²) in [5, 5.41) is 10.5. The van der Waals surface area contributed by atoms with E-state index in [-0.39, 0.29) is 25.6 Å². The Morgan fingerprint density at radius 3 is 1.72 bits per heavy atom. The van der Waals surface area contributed by atoms with E-state index >= 15 is 0 Å². The third-order valence-electron chi connectivity index (χ3n) is 10.9. The Balaban J connectivity index is 1.47. The summed E-state index contributed by atoms with van der Waals surface area (Å²) in [5.41, 5.74) is 8.51. The number of rotatable bonds is 23. The maximum absolute atomic E-state index is 14.6. The number of phosphoric ester groups is 1. The Labute approximate surface area is 393 Å². The molecule has 4 amide bonds. The predicted octanol–water partition coefficient (Wildman–Crippen LogP) is 5.38. The number of nitrogens with zero attached hydrogens (tertiary/aromatic N) is 2. The number of carbonyl (C=O) groups is 4. The average Bonchev–Trinajstić information content (AvgIpc) is 3.77. The molecule has 7 N–H and O–H groups in total. The fourth-order valence-corrected chi connectivity index (χ4v) is 8.49. The van der Waals surface area contributed by atoms with Crippen molar-refractivity contribution < 1.29 is 42.4 Å². The van der Waals surface area contributed by atoms with Crippen molar-refractivity contribution in [1.82, 2.24) is 30.8 Å². The van der Waals surface area contributed by atoms with Crippen molar-refractivity contribution in [3.8, 4) is 0 Å². The molecule has 0 aliphatic carbocycles. The number of imidazole rings is 1. The molecule has 1 heterocycles. The van der Waals surface area contributed by atoms with Gasteiger partial charge in [0.1, 0.15) is 23.7 Å². The van der Waals surface area contributed by atoms with Gasteiger partial charge < -0.3 is 41.2 Å². The fourth-order valence-electron chi connectivity index (χ4n) is 7.58. The third kappa shape index (κ3) is 14.5. The maximum atomic E-state index is 14.6. The van der Waals surface area contributed by atoms with Crippen LogP contribution in [-0.2, 0) is 56.1 Å². The van der Waals surface area contributed by atoms with E-state index in [1.165, 1.54) is 14.0 Å². The Bertz CT molecular complexity index is 2320. The molecule has 67 heavy (non-hydrogen) atoms. The van der Waals surface area contributed by atoms with Crippen molar-refractivity contribution in [2.75, 3.05) is 13.7 Å². The lowest BCUT2D eigenvalue weighted by Crippen LogP contribution is -2.61. The molecule has 4 aromatic carbocycles. The topological polar surface area (TPSA) is 225 Å². The number of nitrogens with two attached hydrogens (primary N) is 1. The number of ether oxygens (including phenoxy) is 1. The monoisotopic (exact) mass is 937 g/mol. The number of hydrogen-bond acceptors (Lipinski definition) is 10. The summed E-state index contributed by atoms with van der Waals surface area (Å²) < 4.78 is 31.5. The second-order valence-electron chi connectivity index (χ2n) is 17.7. The van der Waals surface area contributed by atoms with Gasteiger partial charge in [-0.2, -0.15) is 0 Å². The summed E-state index contributed by atoms with van der Waals surface area (Å²) in [4.78, 5) is 71.1. The van der Waals surface area contributed by atoms with Crippen LogP contribution in [0.1, 0.15) is 75.9 Å². The number of nitrogens with one attached hydrogen (secondary N) is 4. The highest BCUT2D eigenvalue weighted by Crippen LogP contribution is 2.46. The van der Waals surface area contributed by atoms with Gasteiger partial charge in [0.05, 0.1) is 43.0 Å². The molecule has 0 bridgehead atoms. The zero-order valence-electron chi connectivity index (χ0n) is 39.1. The molecule has 17 heteroatoms. The summed E-state index contributed by atoms with van der Waals surface area (Å²) >= 11 is 0. The first-order valence-electron chi connectivity index (χ1n) is 22.2. The van der Waals surface area contributed by atoms with Crippen LogP contribution in [0.5, 0.6) is 0 Å². The molecule has 0 aliphatic heterocycles. The van der Waals surface area contributed by atoms with Crippen LogP contribution in [0.25, 0.3) is 0 Å². The lowest BCUT2D eigenvalue weighted by Gasteiger charge is -2.37. The van der Waals surface area contributed by atoms with E-state index in [0.29, 0.717) is 17.7 Å². The molecule has 0 fully saturated rings. The van der Waals surface area contributed by atoms with Gasteiger partial charge in [0.25, 0.3) is 0 Å². The molecule has 0 aliphatic rings. The normalized spacial score (nSPS) is 15.0. The maximum Gasteiger partial charge on any atom is 0.472 e. The number of likely N-dealkylation sites (N-methyl/N-ethyl adjacent to an activating group) is 1. The second-order valence-corrected chi connectivity index (χ2v) is 19.1. The first-order chi connectivity index (χ1) is 31.8. The van der Waals surface area contributed by atoms with E-state index in [4.69, 9.17) is 24.5 Å². The van der Waals surface area contributed by atoms with Gasteiger partial charge in [-0.25, -0.2) is 9.55 Å². The van der Waals surface area contributed by atoms with E-state index < -0.39 is 72.9 Å². The van der Waals surface area contributed by atoms with Crippen LogP contribution in [0.2, 0.25) is 0 Å². The number of hydrogen-bond donors (Lipinski definition) is 6. The Morgan fingerprint density at radius 2 is 1.22 bits per heavy atom. The van der Waals surface area contributed by atoms with Crippen LogP contribution >= 0.6 is 7.82 Å². The molecule has 0 saturated carbocycles. The van der Waals surface area contributed by atoms with Gasteiger partial charge in [0, 0.05) is 19.7 Å². The lowest BCUT2D eigenvalue weighted by atomic mass is 9.77. The molecule has 16 nitrogen and oxygen atoms in total. The number of carbonyl (C=O) groups excluding carboxylic acids is 4. The summed E-state index contributed by atoms with van der Waals surface area (Å²) in [6, 6.07) is 33.3. The summed E-state index contributed by atoms with van der Waals surface area (Å²) in [5.74, 6) is -2.93. The number of amides is 4. The van der Waals surface area contributed by atoms with Gasteiger partial charge in [-0.3, -0.25) is 28.2 Å². The van der Waals surface area contributed by atoms with E-state index in [0.717, 1.165) is 16.7 Å². The van der Waals surface area contributed by atoms with Crippen molar-refractivity contribution in [3.63, 3.8) is 0 Å². The van der Waals surface area contributed by atoms with Crippen molar-refractivity contribution in [2.24, 2.45) is 11.7 Å². The fraction of sp³-hybridized carbons (Fsp3) is 0.380. The summed E-state index contributed by atoms with van der Waals surface area (Å²) in [6.45, 7) is 9.83. The van der Waals surface area contributed by atoms with Gasteiger partial charge in [0.15, 0.2) is 0 Å². The minimum absolute atomic E-state index is 0.0724. The predicted molar refractivity (Wildman–Crippen MR) is 255 cm³/mol. The number of aromatic nitrogens is 2. The average molecular weight is 938 g/mol. The van der Waals surface area contributed by atoms with E-state index in [9.17, 15) is 28.6 Å². The summed E-state index contributed by atoms with van der Waals surface area (Å²) in [6.07, 6.45) is 2.33. The zero-order valence-corrected chi connectivity index (χ0v) is 40.0. The molecule has 1 aromatic heterocycles. The standard InChI is InChI=1S/C50H64N7O9P/c1-34(2)28-41(51)45(58)54-42(29-40-30-57(33-53-40)50(37-22-14-9-15-23-37,38-24-16-10-17-25-38)39-26-18-11-19-27-39)46(59)55-43(32-64-49(4,5)6)47(60)56-44(48(61)52-7)35(3)66-67(62,63)65-31-36-20-12-8-13-21-36/h8-27,30,33-35,41-44H,28-29,31-32,51H2,1-7H3,(H,52,61)(H,54,58)(H,55,59)(H,56,60)(H,62,63)/t35-,41+,42+,43+,44+/m1/s1. The Morgan fingerprint density at radius 1 is 0.731 bits per heavy atom. The molecular weight excluding hydrogens is 874 g/mol. The lowest BCUT2D eigenvalue weighted by molar-refractivity contribution is -0.137. The van der Waals surface area contributed by atoms with Gasteiger partial charge in [-0.05, 0) is 62.3 Å². The van der Waals surface area contributed by atoms with Crippen LogP contribution in [0.15, 0.2) is 134 Å². The molecule has 0 saturated heterocycles. The first-order valence-corrected chi connectivity index (χ1v) is 23.7. The number of phosphoric acid groups is 1. The molecule has 6 atom stereocenters.